The molecule has 142 valence electrons. The molecule has 7 heteroatoms. The number of ether oxygens (including phenoxy) is 1. The van der Waals surface area contributed by atoms with E-state index < -0.39 is 0 Å². The number of benzene rings is 1. The second kappa shape index (κ2) is 6.67. The Morgan fingerprint density at radius 3 is 2.86 bits per heavy atom. The van der Waals surface area contributed by atoms with Crippen molar-refractivity contribution >= 4 is 11.7 Å². The van der Waals surface area contributed by atoms with Crippen molar-refractivity contribution in [3.63, 3.8) is 0 Å². The van der Waals surface area contributed by atoms with Crippen LogP contribution in [-0.2, 0) is 4.79 Å². The number of aromatic nitrogens is 3. The lowest BCUT2D eigenvalue weighted by molar-refractivity contribution is -0.117. The highest BCUT2D eigenvalue weighted by molar-refractivity contribution is 6.00. The summed E-state index contributed by atoms with van der Waals surface area (Å²) in [7, 11) is 0. The Kier molecular flexibility index (Phi) is 4.00. The molecule has 3 heterocycles. The molecule has 1 aliphatic heterocycles. The quantitative estimate of drug-likeness (QED) is 0.748. The van der Waals surface area contributed by atoms with Crippen molar-refractivity contribution in [2.75, 3.05) is 11.9 Å². The predicted octanol–water partition coefficient (Wildman–Crippen LogP) is 3.69. The summed E-state index contributed by atoms with van der Waals surface area (Å²) in [5.74, 6) is 2.43. The lowest BCUT2D eigenvalue weighted by atomic mass is 9.79. The van der Waals surface area contributed by atoms with E-state index in [1.54, 1.807) is 10.9 Å². The Balaban J connectivity index is 1.56. The number of furan rings is 1. The number of carbonyl (C=O) groups is 1. The predicted molar refractivity (Wildman–Crippen MR) is 102 cm³/mol. The minimum absolute atomic E-state index is 0.0317. The number of nitrogens with zero attached hydrogens (tertiary/aromatic N) is 3. The first-order valence-electron chi connectivity index (χ1n) is 9.43. The van der Waals surface area contributed by atoms with Gasteiger partial charge in [0.25, 0.3) is 0 Å². The maximum absolute atomic E-state index is 13.2. The van der Waals surface area contributed by atoms with Crippen LogP contribution in [0.3, 0.4) is 0 Å². The van der Waals surface area contributed by atoms with Crippen molar-refractivity contribution in [1.82, 2.24) is 14.8 Å². The van der Waals surface area contributed by atoms with E-state index in [1.165, 1.54) is 6.33 Å². The summed E-state index contributed by atoms with van der Waals surface area (Å²) in [4.78, 5) is 17.5. The third-order valence-electron chi connectivity index (χ3n) is 5.31. The highest BCUT2D eigenvalue weighted by Gasteiger charge is 2.39. The van der Waals surface area contributed by atoms with E-state index in [-0.39, 0.29) is 17.7 Å². The van der Waals surface area contributed by atoms with Crippen LogP contribution in [0, 0.1) is 0 Å². The SMILES string of the molecule is CCOc1ccc(C2C3=C(CC(c4ccco4)CC3=O)Nc3ncnn32)cc1. The van der Waals surface area contributed by atoms with Crippen molar-refractivity contribution in [2.24, 2.45) is 0 Å². The number of allylic oxidation sites excluding steroid dienone is 2. The minimum atomic E-state index is -0.297. The van der Waals surface area contributed by atoms with Gasteiger partial charge in [-0.1, -0.05) is 12.1 Å². The number of Topliss-reactive ketones (excluding diaryl/α,β-unsaturated/α-hetero) is 1. The second-order valence-corrected chi connectivity index (χ2v) is 6.99. The van der Waals surface area contributed by atoms with E-state index in [4.69, 9.17) is 9.15 Å². The number of nitrogens with one attached hydrogen (secondary N) is 1. The van der Waals surface area contributed by atoms with Crippen LogP contribution in [0.15, 0.2) is 64.7 Å². The van der Waals surface area contributed by atoms with Gasteiger partial charge in [0.05, 0.1) is 12.9 Å². The monoisotopic (exact) mass is 376 g/mol. The van der Waals surface area contributed by atoms with Crippen LogP contribution < -0.4 is 10.1 Å². The Hall–Kier alpha value is -3.35. The number of rotatable bonds is 4. The number of carbonyl (C=O) groups excluding carboxylic acids is 1. The van der Waals surface area contributed by atoms with Crippen molar-refractivity contribution in [3.05, 3.63) is 71.6 Å². The Morgan fingerprint density at radius 1 is 1.25 bits per heavy atom. The van der Waals surface area contributed by atoms with Crippen molar-refractivity contribution in [1.29, 1.82) is 0 Å². The Morgan fingerprint density at radius 2 is 2.11 bits per heavy atom. The molecule has 28 heavy (non-hydrogen) atoms. The van der Waals surface area contributed by atoms with E-state index in [0.717, 1.165) is 28.3 Å². The van der Waals surface area contributed by atoms with Gasteiger partial charge in [0, 0.05) is 23.6 Å². The molecule has 0 saturated heterocycles. The fraction of sp³-hybridized carbons (Fsp3) is 0.286. The van der Waals surface area contributed by atoms with Crippen LogP contribution in [0.1, 0.15) is 43.0 Å². The normalized spacial score (nSPS) is 21.1. The summed E-state index contributed by atoms with van der Waals surface area (Å²) in [6.07, 6.45) is 4.29. The first-order chi connectivity index (χ1) is 13.7. The number of ketones is 1. The van der Waals surface area contributed by atoms with Crippen molar-refractivity contribution < 1.29 is 13.9 Å². The van der Waals surface area contributed by atoms with Crippen LogP contribution >= 0.6 is 0 Å². The van der Waals surface area contributed by atoms with Gasteiger partial charge in [-0.2, -0.15) is 10.1 Å². The first-order valence-corrected chi connectivity index (χ1v) is 9.43. The van der Waals surface area contributed by atoms with Gasteiger partial charge in [0.1, 0.15) is 23.9 Å². The lowest BCUT2D eigenvalue weighted by Crippen LogP contribution is -2.33. The molecule has 7 nitrogen and oxygen atoms in total. The molecule has 1 N–H and O–H groups in total. The molecule has 2 aliphatic rings. The van der Waals surface area contributed by atoms with Gasteiger partial charge >= 0.3 is 0 Å². The van der Waals surface area contributed by atoms with Gasteiger partial charge in [-0.25, -0.2) is 4.68 Å². The molecule has 5 rings (SSSR count). The molecule has 0 fully saturated rings. The van der Waals surface area contributed by atoms with E-state index in [9.17, 15) is 4.79 Å². The molecule has 0 bridgehead atoms. The fourth-order valence-electron chi connectivity index (χ4n) is 4.10. The maximum atomic E-state index is 13.2. The lowest BCUT2D eigenvalue weighted by Gasteiger charge is -2.34. The second-order valence-electron chi connectivity index (χ2n) is 6.99. The van der Waals surface area contributed by atoms with E-state index >= 15 is 0 Å². The zero-order chi connectivity index (χ0) is 19.1. The van der Waals surface area contributed by atoms with Crippen LogP contribution in [0.2, 0.25) is 0 Å². The zero-order valence-electron chi connectivity index (χ0n) is 15.5. The minimum Gasteiger partial charge on any atom is -0.494 e. The van der Waals surface area contributed by atoms with Crippen LogP contribution in [0.25, 0.3) is 0 Å². The maximum Gasteiger partial charge on any atom is 0.226 e. The highest BCUT2D eigenvalue weighted by atomic mass is 16.5. The fourth-order valence-corrected chi connectivity index (χ4v) is 4.10. The van der Waals surface area contributed by atoms with Crippen LogP contribution in [-0.4, -0.2) is 27.2 Å². The number of hydrogen-bond donors (Lipinski definition) is 1. The molecule has 2 aromatic heterocycles. The Labute approximate surface area is 162 Å². The largest absolute Gasteiger partial charge is 0.494 e. The average molecular weight is 376 g/mol. The zero-order valence-corrected chi connectivity index (χ0v) is 15.5. The molecule has 2 atom stereocenters. The van der Waals surface area contributed by atoms with E-state index in [2.05, 4.69) is 15.4 Å². The van der Waals surface area contributed by atoms with E-state index in [0.29, 0.717) is 25.4 Å². The third-order valence-corrected chi connectivity index (χ3v) is 5.31. The van der Waals surface area contributed by atoms with Gasteiger partial charge in [-0.15, -0.1) is 0 Å². The molecule has 1 aliphatic carbocycles. The summed E-state index contributed by atoms with van der Waals surface area (Å²) < 4.78 is 12.9. The van der Waals surface area contributed by atoms with Gasteiger partial charge in [0.15, 0.2) is 5.78 Å². The molecule has 2 unspecified atom stereocenters. The highest BCUT2D eigenvalue weighted by Crippen LogP contribution is 2.43. The van der Waals surface area contributed by atoms with Gasteiger partial charge in [0.2, 0.25) is 5.95 Å². The number of hydrogen-bond acceptors (Lipinski definition) is 6. The molecular formula is C21H20N4O3. The summed E-state index contributed by atoms with van der Waals surface area (Å²) in [5.41, 5.74) is 2.64. The first kappa shape index (κ1) is 16.8. The summed E-state index contributed by atoms with van der Waals surface area (Å²) in [6, 6.07) is 11.3. The summed E-state index contributed by atoms with van der Waals surface area (Å²) >= 11 is 0. The topological polar surface area (TPSA) is 82.2 Å². The summed E-state index contributed by atoms with van der Waals surface area (Å²) in [6.45, 7) is 2.57. The molecule has 0 saturated carbocycles. The Bertz CT molecular complexity index is 1030. The molecule has 0 amide bonds. The molecule has 3 aromatic rings. The molecule has 0 radical (unpaired) electrons. The van der Waals surface area contributed by atoms with Crippen LogP contribution in [0.4, 0.5) is 5.95 Å². The summed E-state index contributed by atoms with van der Waals surface area (Å²) in [5, 5.41) is 7.69. The van der Waals surface area contributed by atoms with Gasteiger partial charge in [-0.3, -0.25) is 4.79 Å². The molecular weight excluding hydrogens is 356 g/mol. The van der Waals surface area contributed by atoms with E-state index in [1.807, 2.05) is 43.3 Å². The number of anilines is 1. The smallest absolute Gasteiger partial charge is 0.226 e. The van der Waals surface area contributed by atoms with Crippen molar-refractivity contribution in [2.45, 2.75) is 31.7 Å². The standard InChI is InChI=1S/C21H20N4O3/c1-2-27-15-7-5-13(6-8-15)20-19-16(24-21-22-12-23-25(20)21)10-14(11-17(19)26)18-4-3-9-28-18/h3-9,12,14,20H,2,10-11H2,1H3,(H,22,23,24). The third kappa shape index (κ3) is 2.70. The van der Waals surface area contributed by atoms with Gasteiger partial charge < -0.3 is 14.5 Å². The molecule has 1 aromatic carbocycles. The molecule has 0 spiro atoms. The number of fused-ring (bicyclic) bond motifs is 1. The van der Waals surface area contributed by atoms with Crippen molar-refractivity contribution in [3.8, 4) is 5.75 Å². The average Bonchev–Trinajstić information content (AvgIpc) is 3.39. The van der Waals surface area contributed by atoms with Crippen LogP contribution in [0.5, 0.6) is 5.75 Å². The van der Waals surface area contributed by atoms with Gasteiger partial charge in [-0.05, 0) is 43.2 Å².